The van der Waals surface area contributed by atoms with Gasteiger partial charge in [0, 0.05) is 10.8 Å². The van der Waals surface area contributed by atoms with Crippen LogP contribution in [0, 0.1) is 5.92 Å². The molecule has 1 aromatic rings. The highest BCUT2D eigenvalue weighted by Gasteiger charge is 2.22. The lowest BCUT2D eigenvalue weighted by atomic mass is 10.1. The number of nitrogens with one attached hydrogen (secondary N) is 2. The van der Waals surface area contributed by atoms with Gasteiger partial charge in [0.05, 0.1) is 6.54 Å². The van der Waals surface area contributed by atoms with Crippen LogP contribution in [0.3, 0.4) is 0 Å². The fraction of sp³-hybridized carbons (Fsp3) is 0.583. The monoisotopic (exact) mass is 302 g/mol. The first-order chi connectivity index (χ1) is 9.03. The van der Waals surface area contributed by atoms with Gasteiger partial charge in [0.25, 0.3) is 0 Å². The van der Waals surface area contributed by atoms with Gasteiger partial charge in [-0.15, -0.1) is 11.3 Å². The topological polar surface area (TPSA) is 75.3 Å². The van der Waals surface area contributed by atoms with Crippen LogP contribution in [0.5, 0.6) is 0 Å². The number of sulfonamides is 1. The van der Waals surface area contributed by atoms with E-state index < -0.39 is 10.0 Å². The molecule has 0 unspecified atom stereocenters. The molecule has 0 atom stereocenters. The highest BCUT2D eigenvalue weighted by molar-refractivity contribution is 7.91. The molecule has 7 heteroatoms. The standard InChI is InChI=1S/C12H18N2O3S2/c1-13-19(16,17)11-7-6-10(18-11)8-14-12(15)9-4-2-3-5-9/h6-7,9,13H,2-5,8H2,1H3,(H,14,15). The van der Waals surface area contributed by atoms with Gasteiger partial charge in [-0.05, 0) is 32.0 Å². The van der Waals surface area contributed by atoms with Gasteiger partial charge in [-0.25, -0.2) is 13.1 Å². The molecule has 2 N–H and O–H groups in total. The minimum atomic E-state index is -3.38. The minimum absolute atomic E-state index is 0.0870. The van der Waals surface area contributed by atoms with Crippen LogP contribution in [0.4, 0.5) is 0 Å². The summed E-state index contributed by atoms with van der Waals surface area (Å²) >= 11 is 1.18. The highest BCUT2D eigenvalue weighted by Crippen LogP contribution is 2.25. The molecular formula is C12H18N2O3S2. The van der Waals surface area contributed by atoms with Crippen LogP contribution in [0.2, 0.25) is 0 Å². The SMILES string of the molecule is CNS(=O)(=O)c1ccc(CNC(=O)C2CCCC2)s1. The Morgan fingerprint density at radius 3 is 2.68 bits per heavy atom. The maximum Gasteiger partial charge on any atom is 0.249 e. The summed E-state index contributed by atoms with van der Waals surface area (Å²) in [4.78, 5) is 12.7. The number of thiophene rings is 1. The summed E-state index contributed by atoms with van der Waals surface area (Å²) in [6.07, 6.45) is 4.19. The molecule has 0 bridgehead atoms. The van der Waals surface area contributed by atoms with E-state index >= 15 is 0 Å². The van der Waals surface area contributed by atoms with E-state index in [2.05, 4.69) is 10.0 Å². The van der Waals surface area contributed by atoms with Gasteiger partial charge < -0.3 is 5.32 Å². The lowest BCUT2D eigenvalue weighted by Crippen LogP contribution is -2.28. The molecule has 5 nitrogen and oxygen atoms in total. The van der Waals surface area contributed by atoms with Crippen LogP contribution in [0.15, 0.2) is 16.3 Å². The second-order valence-electron chi connectivity index (χ2n) is 4.63. The predicted octanol–water partition coefficient (Wildman–Crippen LogP) is 1.46. The first-order valence-corrected chi connectivity index (χ1v) is 8.63. The van der Waals surface area contributed by atoms with E-state index in [4.69, 9.17) is 0 Å². The molecule has 0 aliphatic heterocycles. The summed E-state index contributed by atoms with van der Waals surface area (Å²) in [7, 11) is -1.99. The third-order valence-electron chi connectivity index (χ3n) is 3.33. The Labute approximate surface area is 117 Å². The molecule has 0 radical (unpaired) electrons. The van der Waals surface area contributed by atoms with Gasteiger partial charge in [-0.3, -0.25) is 4.79 Å². The van der Waals surface area contributed by atoms with E-state index in [1.165, 1.54) is 18.4 Å². The maximum atomic E-state index is 11.8. The molecule has 1 saturated carbocycles. The van der Waals surface area contributed by atoms with E-state index in [0.29, 0.717) is 6.54 Å². The zero-order valence-electron chi connectivity index (χ0n) is 10.8. The van der Waals surface area contributed by atoms with Crippen molar-refractivity contribution in [2.75, 3.05) is 7.05 Å². The zero-order chi connectivity index (χ0) is 13.9. The van der Waals surface area contributed by atoms with E-state index in [1.54, 1.807) is 12.1 Å². The van der Waals surface area contributed by atoms with E-state index in [0.717, 1.165) is 30.6 Å². The quantitative estimate of drug-likeness (QED) is 0.864. The molecule has 106 valence electrons. The lowest BCUT2D eigenvalue weighted by Gasteiger charge is -2.08. The van der Waals surface area contributed by atoms with Crippen LogP contribution in [0.1, 0.15) is 30.6 Å². The first-order valence-electron chi connectivity index (χ1n) is 6.33. The van der Waals surface area contributed by atoms with Crippen molar-refractivity contribution in [1.29, 1.82) is 0 Å². The summed E-state index contributed by atoms with van der Waals surface area (Å²) in [6.45, 7) is 0.402. The summed E-state index contributed by atoms with van der Waals surface area (Å²) in [6, 6.07) is 3.30. The third-order valence-corrected chi connectivity index (χ3v) is 6.32. The van der Waals surface area contributed by atoms with Crippen molar-refractivity contribution in [2.24, 2.45) is 5.92 Å². The first kappa shape index (κ1) is 14.5. The van der Waals surface area contributed by atoms with Crippen molar-refractivity contribution in [3.63, 3.8) is 0 Å². The Morgan fingerprint density at radius 1 is 1.37 bits per heavy atom. The van der Waals surface area contributed by atoms with Crippen LogP contribution < -0.4 is 10.0 Å². The van der Waals surface area contributed by atoms with Crippen LogP contribution >= 0.6 is 11.3 Å². The van der Waals surface area contributed by atoms with Gasteiger partial charge in [0.15, 0.2) is 0 Å². The molecule has 19 heavy (non-hydrogen) atoms. The lowest BCUT2D eigenvalue weighted by molar-refractivity contribution is -0.124. The summed E-state index contributed by atoms with van der Waals surface area (Å²) < 4.78 is 25.7. The van der Waals surface area contributed by atoms with Gasteiger partial charge in [-0.1, -0.05) is 12.8 Å². The molecule has 1 aliphatic carbocycles. The largest absolute Gasteiger partial charge is 0.351 e. The van der Waals surface area contributed by atoms with Crippen LogP contribution in [-0.2, 0) is 21.4 Å². The number of hydrogen-bond donors (Lipinski definition) is 2. The number of carbonyl (C=O) groups is 1. The van der Waals surface area contributed by atoms with Crippen molar-refractivity contribution in [2.45, 2.75) is 36.4 Å². The molecule has 1 fully saturated rings. The fourth-order valence-corrected chi connectivity index (χ4v) is 4.34. The van der Waals surface area contributed by atoms with Crippen LogP contribution in [-0.4, -0.2) is 21.4 Å². The number of amides is 1. The number of hydrogen-bond acceptors (Lipinski definition) is 4. The molecule has 0 aromatic carbocycles. The number of carbonyl (C=O) groups excluding carboxylic acids is 1. The average Bonchev–Trinajstić information content (AvgIpc) is 3.07. The predicted molar refractivity (Wildman–Crippen MR) is 74.4 cm³/mol. The molecule has 1 aliphatic rings. The molecule has 0 saturated heterocycles. The molecule has 0 spiro atoms. The van der Waals surface area contributed by atoms with Crippen molar-refractivity contribution in [3.8, 4) is 0 Å². The van der Waals surface area contributed by atoms with Crippen LogP contribution in [0.25, 0.3) is 0 Å². The van der Waals surface area contributed by atoms with E-state index in [1.807, 2.05) is 0 Å². The van der Waals surface area contributed by atoms with Gasteiger partial charge >= 0.3 is 0 Å². The van der Waals surface area contributed by atoms with Crippen molar-refractivity contribution >= 4 is 27.3 Å². The Bertz CT molecular complexity index is 545. The normalized spacial score (nSPS) is 16.7. The summed E-state index contributed by atoms with van der Waals surface area (Å²) in [5.74, 6) is 0.226. The Balaban J connectivity index is 1.92. The summed E-state index contributed by atoms with van der Waals surface area (Å²) in [5.41, 5.74) is 0. The maximum absolute atomic E-state index is 11.8. The smallest absolute Gasteiger partial charge is 0.249 e. The Hall–Kier alpha value is -0.920. The van der Waals surface area contributed by atoms with Gasteiger partial charge in [0.1, 0.15) is 4.21 Å². The second kappa shape index (κ2) is 6.02. The summed E-state index contributed by atoms with van der Waals surface area (Å²) in [5, 5.41) is 2.88. The average molecular weight is 302 g/mol. The van der Waals surface area contributed by atoms with E-state index in [9.17, 15) is 13.2 Å². The molecule has 1 aromatic heterocycles. The van der Waals surface area contributed by atoms with Crippen molar-refractivity contribution in [1.82, 2.24) is 10.0 Å². The van der Waals surface area contributed by atoms with Crippen molar-refractivity contribution < 1.29 is 13.2 Å². The Morgan fingerprint density at radius 2 is 2.05 bits per heavy atom. The molecule has 1 heterocycles. The number of rotatable bonds is 5. The fourth-order valence-electron chi connectivity index (χ4n) is 2.20. The second-order valence-corrected chi connectivity index (χ2v) is 7.91. The molecular weight excluding hydrogens is 284 g/mol. The van der Waals surface area contributed by atoms with Crippen molar-refractivity contribution in [3.05, 3.63) is 17.0 Å². The molecule has 2 rings (SSSR count). The minimum Gasteiger partial charge on any atom is -0.351 e. The van der Waals surface area contributed by atoms with Gasteiger partial charge in [0.2, 0.25) is 15.9 Å². The third kappa shape index (κ3) is 3.55. The highest BCUT2D eigenvalue weighted by atomic mass is 32.2. The zero-order valence-corrected chi connectivity index (χ0v) is 12.4. The Kier molecular flexibility index (Phi) is 4.59. The van der Waals surface area contributed by atoms with Gasteiger partial charge in [-0.2, -0.15) is 0 Å². The molecule has 1 amide bonds. The van der Waals surface area contributed by atoms with E-state index in [-0.39, 0.29) is 16.0 Å².